The Morgan fingerprint density at radius 1 is 1.22 bits per heavy atom. The first-order valence-electron chi connectivity index (χ1n) is 5.56. The quantitative estimate of drug-likeness (QED) is 0.702. The SMILES string of the molecule is N#CCC(=O)NCCCNC(=O)c1ccncc1. The van der Waals surface area contributed by atoms with E-state index in [-0.39, 0.29) is 18.2 Å². The highest BCUT2D eigenvalue weighted by atomic mass is 16.2. The van der Waals surface area contributed by atoms with Crippen LogP contribution >= 0.6 is 0 Å². The summed E-state index contributed by atoms with van der Waals surface area (Å²) in [7, 11) is 0. The Labute approximate surface area is 105 Å². The monoisotopic (exact) mass is 246 g/mol. The Hall–Kier alpha value is -2.42. The van der Waals surface area contributed by atoms with E-state index in [1.807, 2.05) is 0 Å². The van der Waals surface area contributed by atoms with E-state index in [1.165, 1.54) is 0 Å². The number of carbonyl (C=O) groups is 2. The van der Waals surface area contributed by atoms with Crippen LogP contribution in [0.4, 0.5) is 0 Å². The van der Waals surface area contributed by atoms with Crippen LogP contribution in [0.3, 0.4) is 0 Å². The molecule has 1 heterocycles. The van der Waals surface area contributed by atoms with Gasteiger partial charge in [0.2, 0.25) is 5.91 Å². The molecule has 0 radical (unpaired) electrons. The van der Waals surface area contributed by atoms with Gasteiger partial charge in [0, 0.05) is 31.0 Å². The van der Waals surface area contributed by atoms with Crippen LogP contribution in [0.15, 0.2) is 24.5 Å². The summed E-state index contributed by atoms with van der Waals surface area (Å²) in [6.07, 6.45) is 3.59. The molecule has 0 aromatic carbocycles. The average molecular weight is 246 g/mol. The van der Waals surface area contributed by atoms with Gasteiger partial charge in [-0.3, -0.25) is 14.6 Å². The van der Waals surface area contributed by atoms with E-state index in [0.717, 1.165) is 0 Å². The second kappa shape index (κ2) is 7.79. The van der Waals surface area contributed by atoms with Gasteiger partial charge in [-0.25, -0.2) is 0 Å². The van der Waals surface area contributed by atoms with Gasteiger partial charge in [0.05, 0.1) is 6.07 Å². The van der Waals surface area contributed by atoms with Crippen LogP contribution in [-0.2, 0) is 4.79 Å². The Morgan fingerprint density at radius 2 is 1.89 bits per heavy atom. The number of rotatable bonds is 6. The number of aromatic nitrogens is 1. The molecule has 0 aliphatic heterocycles. The van der Waals surface area contributed by atoms with Crippen LogP contribution in [0.5, 0.6) is 0 Å². The van der Waals surface area contributed by atoms with Crippen molar-refractivity contribution in [3.63, 3.8) is 0 Å². The highest BCUT2D eigenvalue weighted by Gasteiger charge is 2.03. The number of pyridine rings is 1. The second-order valence-electron chi connectivity index (χ2n) is 3.53. The molecule has 2 N–H and O–H groups in total. The molecule has 0 bridgehead atoms. The summed E-state index contributed by atoms with van der Waals surface area (Å²) in [5, 5.41) is 13.6. The fourth-order valence-electron chi connectivity index (χ4n) is 1.26. The van der Waals surface area contributed by atoms with E-state index < -0.39 is 0 Å². The first-order valence-corrected chi connectivity index (χ1v) is 5.56. The highest BCUT2D eigenvalue weighted by Crippen LogP contribution is 1.95. The smallest absolute Gasteiger partial charge is 0.251 e. The zero-order valence-electron chi connectivity index (χ0n) is 9.85. The minimum atomic E-state index is -0.294. The maximum absolute atomic E-state index is 11.6. The van der Waals surface area contributed by atoms with Crippen LogP contribution < -0.4 is 10.6 Å². The summed E-state index contributed by atoms with van der Waals surface area (Å²) in [6.45, 7) is 0.908. The van der Waals surface area contributed by atoms with Gasteiger partial charge in [-0.15, -0.1) is 0 Å². The predicted molar refractivity (Wildman–Crippen MR) is 64.4 cm³/mol. The summed E-state index contributed by atoms with van der Waals surface area (Å²) in [4.78, 5) is 26.3. The van der Waals surface area contributed by atoms with Crippen molar-refractivity contribution in [3.05, 3.63) is 30.1 Å². The van der Waals surface area contributed by atoms with Crippen molar-refractivity contribution in [2.24, 2.45) is 0 Å². The van der Waals surface area contributed by atoms with Gasteiger partial charge >= 0.3 is 0 Å². The number of nitrogens with zero attached hydrogens (tertiary/aromatic N) is 2. The van der Waals surface area contributed by atoms with Gasteiger partial charge in [-0.1, -0.05) is 0 Å². The lowest BCUT2D eigenvalue weighted by molar-refractivity contribution is -0.120. The summed E-state index contributed by atoms with van der Waals surface area (Å²) in [6, 6.07) is 5.02. The molecule has 0 atom stereocenters. The molecule has 1 aromatic heterocycles. The fraction of sp³-hybridized carbons (Fsp3) is 0.333. The van der Waals surface area contributed by atoms with Gasteiger partial charge < -0.3 is 10.6 Å². The van der Waals surface area contributed by atoms with Crippen molar-refractivity contribution in [3.8, 4) is 6.07 Å². The van der Waals surface area contributed by atoms with Crippen LogP contribution in [-0.4, -0.2) is 29.9 Å². The van der Waals surface area contributed by atoms with Gasteiger partial charge in [-0.2, -0.15) is 5.26 Å². The van der Waals surface area contributed by atoms with Crippen molar-refractivity contribution in [1.82, 2.24) is 15.6 Å². The van der Waals surface area contributed by atoms with Crippen LogP contribution in [0.25, 0.3) is 0 Å². The molecule has 0 unspecified atom stereocenters. The minimum absolute atomic E-state index is 0.136. The molecule has 6 heteroatoms. The van der Waals surface area contributed by atoms with Crippen molar-refractivity contribution in [2.75, 3.05) is 13.1 Å². The lowest BCUT2D eigenvalue weighted by Crippen LogP contribution is -2.29. The molecule has 1 rings (SSSR count). The summed E-state index contributed by atoms with van der Waals surface area (Å²) >= 11 is 0. The number of hydrogen-bond acceptors (Lipinski definition) is 4. The molecule has 1 aromatic rings. The Bertz CT molecular complexity index is 439. The van der Waals surface area contributed by atoms with E-state index in [4.69, 9.17) is 5.26 Å². The Kier molecular flexibility index (Phi) is 5.90. The Balaban J connectivity index is 2.14. The lowest BCUT2D eigenvalue weighted by Gasteiger charge is -2.05. The summed E-state index contributed by atoms with van der Waals surface area (Å²) < 4.78 is 0. The van der Waals surface area contributed by atoms with Gasteiger partial charge in [0.15, 0.2) is 0 Å². The maximum atomic E-state index is 11.6. The molecule has 6 nitrogen and oxygen atoms in total. The number of nitriles is 1. The minimum Gasteiger partial charge on any atom is -0.355 e. The number of carbonyl (C=O) groups excluding carboxylic acids is 2. The van der Waals surface area contributed by atoms with Gasteiger partial charge in [0.25, 0.3) is 5.91 Å². The highest BCUT2D eigenvalue weighted by molar-refractivity contribution is 5.93. The van der Waals surface area contributed by atoms with Gasteiger partial charge in [-0.05, 0) is 18.6 Å². The third kappa shape index (κ3) is 5.07. The topological polar surface area (TPSA) is 94.9 Å². The normalized spacial score (nSPS) is 9.28. The molecule has 2 amide bonds. The number of nitrogens with one attached hydrogen (secondary N) is 2. The molecular formula is C12H14N4O2. The predicted octanol–water partition coefficient (Wildman–Crippen LogP) is 0.231. The molecule has 18 heavy (non-hydrogen) atoms. The van der Waals surface area contributed by atoms with E-state index in [1.54, 1.807) is 30.6 Å². The first kappa shape index (κ1) is 13.6. The second-order valence-corrected chi connectivity index (χ2v) is 3.53. The molecule has 0 fully saturated rings. The van der Waals surface area contributed by atoms with E-state index in [0.29, 0.717) is 25.1 Å². The third-order valence-corrected chi connectivity index (χ3v) is 2.14. The molecule has 0 spiro atoms. The molecule has 0 aliphatic rings. The van der Waals surface area contributed by atoms with Crippen LogP contribution in [0.2, 0.25) is 0 Å². The van der Waals surface area contributed by atoms with E-state index in [9.17, 15) is 9.59 Å². The van der Waals surface area contributed by atoms with E-state index in [2.05, 4.69) is 15.6 Å². The largest absolute Gasteiger partial charge is 0.355 e. The zero-order chi connectivity index (χ0) is 13.2. The van der Waals surface area contributed by atoms with Gasteiger partial charge in [0.1, 0.15) is 6.42 Å². The summed E-state index contributed by atoms with van der Waals surface area (Å²) in [5.74, 6) is -0.460. The lowest BCUT2D eigenvalue weighted by atomic mass is 10.2. The standard InChI is InChI=1S/C12H14N4O2/c13-5-2-11(17)15-6-1-7-16-12(18)10-3-8-14-9-4-10/h3-4,8-9H,1-2,6-7H2,(H,15,17)(H,16,18). The van der Waals surface area contributed by atoms with Crippen LogP contribution in [0, 0.1) is 11.3 Å². The van der Waals surface area contributed by atoms with E-state index >= 15 is 0 Å². The molecule has 0 saturated carbocycles. The van der Waals surface area contributed by atoms with Crippen LogP contribution in [0.1, 0.15) is 23.2 Å². The fourth-order valence-corrected chi connectivity index (χ4v) is 1.26. The van der Waals surface area contributed by atoms with Crippen molar-refractivity contribution in [2.45, 2.75) is 12.8 Å². The number of hydrogen-bond donors (Lipinski definition) is 2. The maximum Gasteiger partial charge on any atom is 0.251 e. The molecule has 0 saturated heterocycles. The van der Waals surface area contributed by atoms with Crippen molar-refractivity contribution in [1.29, 1.82) is 5.26 Å². The Morgan fingerprint density at radius 3 is 2.56 bits per heavy atom. The molecule has 0 aliphatic carbocycles. The number of amides is 2. The van der Waals surface area contributed by atoms with Crippen molar-refractivity contribution < 1.29 is 9.59 Å². The third-order valence-electron chi connectivity index (χ3n) is 2.14. The molecular weight excluding hydrogens is 232 g/mol. The molecule has 94 valence electrons. The summed E-state index contributed by atoms with van der Waals surface area (Å²) in [5.41, 5.74) is 0.554. The zero-order valence-corrected chi connectivity index (χ0v) is 9.85. The average Bonchev–Trinajstić information content (AvgIpc) is 2.39. The first-order chi connectivity index (χ1) is 8.74. The van der Waals surface area contributed by atoms with Crippen molar-refractivity contribution >= 4 is 11.8 Å².